The van der Waals surface area contributed by atoms with Gasteiger partial charge in [-0.25, -0.2) is 0 Å². The molecule has 0 saturated heterocycles. The summed E-state index contributed by atoms with van der Waals surface area (Å²) in [6.45, 7) is 2.30. The molecular formula is C14H18N2O5. The maximum Gasteiger partial charge on any atom is 0.251 e. The molecule has 1 aromatic carbocycles. The van der Waals surface area contributed by atoms with Gasteiger partial charge in [-0.15, -0.1) is 0 Å². The van der Waals surface area contributed by atoms with Gasteiger partial charge in [-0.05, 0) is 25.1 Å². The fourth-order valence-corrected chi connectivity index (χ4v) is 1.92. The van der Waals surface area contributed by atoms with Crippen molar-refractivity contribution >= 4 is 11.8 Å². The van der Waals surface area contributed by atoms with Gasteiger partial charge in [-0.3, -0.25) is 9.59 Å². The summed E-state index contributed by atoms with van der Waals surface area (Å²) >= 11 is 0. The van der Waals surface area contributed by atoms with E-state index in [1.54, 1.807) is 25.3 Å². The molecule has 1 heterocycles. The molecule has 1 aromatic rings. The van der Waals surface area contributed by atoms with Crippen LogP contribution in [-0.4, -0.2) is 44.9 Å². The van der Waals surface area contributed by atoms with E-state index < -0.39 is 0 Å². The Morgan fingerprint density at radius 3 is 2.86 bits per heavy atom. The number of ether oxygens (including phenoxy) is 3. The predicted octanol–water partition coefficient (Wildman–Crippen LogP) is 0.296. The van der Waals surface area contributed by atoms with E-state index in [1.165, 1.54) is 0 Å². The number of amides is 2. The molecule has 0 aliphatic carbocycles. The molecule has 7 nitrogen and oxygen atoms in total. The molecule has 2 N–H and O–H groups in total. The van der Waals surface area contributed by atoms with Crippen LogP contribution in [-0.2, 0) is 9.53 Å². The first-order chi connectivity index (χ1) is 10.1. The summed E-state index contributed by atoms with van der Waals surface area (Å²) in [5.41, 5.74) is 0.414. The number of fused-ring (bicyclic) bond motifs is 1. The number of rotatable bonds is 6. The molecule has 0 bridgehead atoms. The summed E-state index contributed by atoms with van der Waals surface area (Å²) in [6.07, 6.45) is 0. The van der Waals surface area contributed by atoms with Crippen molar-refractivity contribution in [3.63, 3.8) is 0 Å². The highest BCUT2D eigenvalue weighted by Crippen LogP contribution is 2.32. The summed E-state index contributed by atoms with van der Waals surface area (Å²) in [7, 11) is 1.56. The first-order valence-electron chi connectivity index (χ1n) is 6.56. The van der Waals surface area contributed by atoms with E-state index in [4.69, 9.17) is 14.2 Å². The van der Waals surface area contributed by atoms with Crippen LogP contribution >= 0.6 is 0 Å². The topological polar surface area (TPSA) is 85.9 Å². The maximum absolute atomic E-state index is 11.9. The van der Waals surface area contributed by atoms with E-state index >= 15 is 0 Å². The van der Waals surface area contributed by atoms with Crippen molar-refractivity contribution in [2.24, 2.45) is 0 Å². The number of hydrogen-bond acceptors (Lipinski definition) is 5. The SMILES string of the molecule is COC[C@@H](C)NC(=O)CNC(=O)c1ccc2c(c1)OCO2. The van der Waals surface area contributed by atoms with Crippen molar-refractivity contribution in [3.05, 3.63) is 23.8 Å². The van der Waals surface area contributed by atoms with Crippen molar-refractivity contribution < 1.29 is 23.8 Å². The van der Waals surface area contributed by atoms with Crippen molar-refractivity contribution in [3.8, 4) is 11.5 Å². The average Bonchev–Trinajstić information content (AvgIpc) is 2.92. The van der Waals surface area contributed by atoms with E-state index in [-0.39, 0.29) is 31.2 Å². The molecular weight excluding hydrogens is 276 g/mol. The molecule has 1 aliphatic rings. The van der Waals surface area contributed by atoms with Gasteiger partial charge in [0.15, 0.2) is 11.5 Å². The molecule has 7 heteroatoms. The van der Waals surface area contributed by atoms with Gasteiger partial charge in [0.1, 0.15) is 0 Å². The number of nitrogens with one attached hydrogen (secondary N) is 2. The van der Waals surface area contributed by atoms with Crippen LogP contribution < -0.4 is 20.1 Å². The lowest BCUT2D eigenvalue weighted by Gasteiger charge is -2.13. The normalized spacial score (nSPS) is 13.6. The Bertz CT molecular complexity index is 532. The zero-order chi connectivity index (χ0) is 15.2. The molecule has 0 saturated carbocycles. The second-order valence-electron chi connectivity index (χ2n) is 4.67. The summed E-state index contributed by atoms with van der Waals surface area (Å²) in [5.74, 6) is 0.523. The van der Waals surface area contributed by atoms with Gasteiger partial charge < -0.3 is 24.8 Å². The number of methoxy groups -OCH3 is 1. The molecule has 1 aliphatic heterocycles. The molecule has 2 amide bonds. The van der Waals surface area contributed by atoms with Crippen LogP contribution in [0.1, 0.15) is 17.3 Å². The third kappa shape index (κ3) is 4.09. The standard InChI is InChI=1S/C14H18N2O5/c1-9(7-19-2)16-13(17)6-15-14(18)10-3-4-11-12(5-10)21-8-20-11/h3-5,9H,6-8H2,1-2H3,(H,15,18)(H,16,17)/t9-/m1/s1. The molecule has 21 heavy (non-hydrogen) atoms. The van der Waals surface area contributed by atoms with Crippen LogP contribution in [0.25, 0.3) is 0 Å². The summed E-state index contributed by atoms with van der Waals surface area (Å²) < 4.78 is 15.3. The zero-order valence-corrected chi connectivity index (χ0v) is 12.0. The second-order valence-corrected chi connectivity index (χ2v) is 4.67. The Kier molecular flexibility index (Phi) is 4.99. The quantitative estimate of drug-likeness (QED) is 0.788. The lowest BCUT2D eigenvalue weighted by molar-refractivity contribution is -0.121. The van der Waals surface area contributed by atoms with E-state index in [0.29, 0.717) is 23.7 Å². The lowest BCUT2D eigenvalue weighted by atomic mass is 10.2. The maximum atomic E-state index is 11.9. The van der Waals surface area contributed by atoms with Gasteiger partial charge in [0, 0.05) is 18.7 Å². The van der Waals surface area contributed by atoms with Crippen LogP contribution in [0.3, 0.4) is 0 Å². The third-order valence-corrected chi connectivity index (χ3v) is 2.87. The highest BCUT2D eigenvalue weighted by atomic mass is 16.7. The highest BCUT2D eigenvalue weighted by Gasteiger charge is 2.16. The Hall–Kier alpha value is -2.28. The fraction of sp³-hybridized carbons (Fsp3) is 0.429. The van der Waals surface area contributed by atoms with Gasteiger partial charge in [0.05, 0.1) is 13.2 Å². The number of carbonyl (C=O) groups excluding carboxylic acids is 2. The minimum atomic E-state index is -0.345. The van der Waals surface area contributed by atoms with Crippen molar-refractivity contribution in [1.29, 1.82) is 0 Å². The molecule has 0 fully saturated rings. The molecule has 0 unspecified atom stereocenters. The minimum absolute atomic E-state index is 0.0959. The highest BCUT2D eigenvalue weighted by molar-refractivity contribution is 5.97. The molecule has 2 rings (SSSR count). The van der Waals surface area contributed by atoms with E-state index in [0.717, 1.165) is 0 Å². The summed E-state index contributed by atoms with van der Waals surface area (Å²) in [5, 5.41) is 5.26. The van der Waals surface area contributed by atoms with Gasteiger partial charge in [0.25, 0.3) is 5.91 Å². The lowest BCUT2D eigenvalue weighted by Crippen LogP contribution is -2.42. The zero-order valence-electron chi connectivity index (χ0n) is 12.0. The van der Waals surface area contributed by atoms with Gasteiger partial charge in [0.2, 0.25) is 12.7 Å². The van der Waals surface area contributed by atoms with Gasteiger partial charge >= 0.3 is 0 Å². The van der Waals surface area contributed by atoms with Crippen LogP contribution in [0, 0.1) is 0 Å². The number of carbonyl (C=O) groups is 2. The van der Waals surface area contributed by atoms with Crippen LogP contribution in [0.4, 0.5) is 0 Å². The Morgan fingerprint density at radius 2 is 2.10 bits per heavy atom. The second kappa shape index (κ2) is 6.94. The van der Waals surface area contributed by atoms with E-state index in [9.17, 15) is 9.59 Å². The first-order valence-corrected chi connectivity index (χ1v) is 6.56. The fourth-order valence-electron chi connectivity index (χ4n) is 1.92. The van der Waals surface area contributed by atoms with Crippen LogP contribution in [0.5, 0.6) is 11.5 Å². The molecule has 0 radical (unpaired) electrons. The number of hydrogen-bond donors (Lipinski definition) is 2. The summed E-state index contributed by atoms with van der Waals surface area (Å²) in [6, 6.07) is 4.76. The third-order valence-electron chi connectivity index (χ3n) is 2.87. The van der Waals surface area contributed by atoms with Crippen molar-refractivity contribution in [2.75, 3.05) is 27.1 Å². The molecule has 0 spiro atoms. The van der Waals surface area contributed by atoms with Gasteiger partial charge in [-0.1, -0.05) is 0 Å². The molecule has 1 atom stereocenters. The Morgan fingerprint density at radius 1 is 1.33 bits per heavy atom. The molecule has 114 valence electrons. The Balaban J connectivity index is 1.83. The Labute approximate surface area is 122 Å². The average molecular weight is 294 g/mol. The van der Waals surface area contributed by atoms with Gasteiger partial charge in [-0.2, -0.15) is 0 Å². The van der Waals surface area contributed by atoms with E-state index in [2.05, 4.69) is 10.6 Å². The predicted molar refractivity (Wildman–Crippen MR) is 74.4 cm³/mol. The summed E-state index contributed by atoms with van der Waals surface area (Å²) in [4.78, 5) is 23.6. The van der Waals surface area contributed by atoms with Crippen molar-refractivity contribution in [1.82, 2.24) is 10.6 Å². The van der Waals surface area contributed by atoms with Crippen LogP contribution in [0.2, 0.25) is 0 Å². The van der Waals surface area contributed by atoms with Crippen molar-refractivity contribution in [2.45, 2.75) is 13.0 Å². The smallest absolute Gasteiger partial charge is 0.251 e. The number of benzene rings is 1. The van der Waals surface area contributed by atoms with E-state index in [1.807, 2.05) is 6.92 Å². The minimum Gasteiger partial charge on any atom is -0.454 e. The largest absolute Gasteiger partial charge is 0.454 e. The monoisotopic (exact) mass is 294 g/mol. The molecule has 0 aromatic heterocycles. The first kappa shape index (κ1) is 15.1. The van der Waals surface area contributed by atoms with Crippen LogP contribution in [0.15, 0.2) is 18.2 Å².